The van der Waals surface area contributed by atoms with E-state index in [-0.39, 0.29) is 11.8 Å². The lowest BCUT2D eigenvalue weighted by Crippen LogP contribution is -2.24. The average molecular weight is 427 g/mol. The second-order valence-corrected chi connectivity index (χ2v) is 8.08. The van der Waals surface area contributed by atoms with Crippen molar-refractivity contribution in [1.82, 2.24) is 9.47 Å². The maximum Gasteiger partial charge on any atom is 0.263 e. The van der Waals surface area contributed by atoms with Gasteiger partial charge in [0.2, 0.25) is 0 Å². The molecule has 1 aliphatic heterocycles. The number of hydrogen-bond donors (Lipinski definition) is 0. The highest BCUT2D eigenvalue weighted by Crippen LogP contribution is 2.39. The third-order valence-corrected chi connectivity index (χ3v) is 6.35. The molecule has 0 radical (unpaired) electrons. The highest BCUT2D eigenvalue weighted by Gasteiger charge is 2.35. The van der Waals surface area contributed by atoms with Crippen molar-refractivity contribution >= 4 is 39.3 Å². The van der Waals surface area contributed by atoms with Crippen molar-refractivity contribution in [1.29, 1.82) is 0 Å². The summed E-state index contributed by atoms with van der Waals surface area (Å²) < 4.78 is 2.05. The lowest BCUT2D eigenvalue weighted by atomic mass is 10.0. The van der Waals surface area contributed by atoms with Crippen molar-refractivity contribution in [3.8, 4) is 16.8 Å². The minimum atomic E-state index is -0.300. The largest absolute Gasteiger partial charge is 0.308 e. The van der Waals surface area contributed by atoms with Gasteiger partial charge in [-0.1, -0.05) is 60.7 Å². The van der Waals surface area contributed by atoms with Gasteiger partial charge in [0.25, 0.3) is 11.8 Å². The number of fused-ring (bicyclic) bond motifs is 4. The summed E-state index contributed by atoms with van der Waals surface area (Å²) in [5, 5.41) is 2.10. The van der Waals surface area contributed by atoms with Gasteiger partial charge in [0.05, 0.1) is 34.4 Å². The molecule has 1 aliphatic rings. The molecule has 0 fully saturated rings. The Morgan fingerprint density at radius 3 is 2.30 bits per heavy atom. The summed E-state index contributed by atoms with van der Waals surface area (Å²) in [6.07, 6.45) is 0. The number of hydrogen-bond acceptors (Lipinski definition) is 2. The summed E-state index contributed by atoms with van der Waals surface area (Å²) in [4.78, 5) is 30.5. The normalized spacial score (nSPS) is 13.0. The lowest BCUT2D eigenvalue weighted by molar-refractivity contribution is 0.0693. The summed E-state index contributed by atoms with van der Waals surface area (Å²) >= 11 is 0. The summed E-state index contributed by atoms with van der Waals surface area (Å²) in [5.41, 5.74) is 5.74. The smallest absolute Gasteiger partial charge is 0.263 e. The summed E-state index contributed by atoms with van der Waals surface area (Å²) in [5.74, 6) is -0.588. The fourth-order valence-corrected chi connectivity index (χ4v) is 4.78. The minimum Gasteiger partial charge on any atom is -0.308 e. The molecule has 5 nitrogen and oxygen atoms in total. The Hall–Kier alpha value is -4.69. The fourth-order valence-electron chi connectivity index (χ4n) is 4.78. The zero-order chi connectivity index (χ0) is 22.7. The number of para-hydroxylation sites is 2. The Morgan fingerprint density at radius 1 is 0.727 bits per heavy atom. The molecule has 2 heterocycles. The van der Waals surface area contributed by atoms with E-state index in [0.29, 0.717) is 22.5 Å². The van der Waals surface area contributed by atoms with E-state index in [2.05, 4.69) is 27.6 Å². The fraction of sp³-hybridized carbons (Fsp3) is 0.0357. The highest BCUT2D eigenvalue weighted by molar-refractivity contribution is 6.23. The van der Waals surface area contributed by atoms with Crippen molar-refractivity contribution in [2.45, 2.75) is 0 Å². The number of carbonyl (C=O) groups is 2. The van der Waals surface area contributed by atoms with E-state index in [4.69, 9.17) is 6.57 Å². The molecule has 1 aromatic heterocycles. The second kappa shape index (κ2) is 6.91. The van der Waals surface area contributed by atoms with Crippen molar-refractivity contribution in [2.24, 2.45) is 0 Å². The van der Waals surface area contributed by atoms with Crippen molar-refractivity contribution in [3.63, 3.8) is 0 Å². The van der Waals surface area contributed by atoms with Crippen molar-refractivity contribution < 1.29 is 9.59 Å². The maximum absolute atomic E-state index is 13.0. The number of imide groups is 1. The zero-order valence-electron chi connectivity index (χ0n) is 17.7. The molecule has 0 saturated carbocycles. The molecule has 0 spiro atoms. The third kappa shape index (κ3) is 2.58. The second-order valence-electron chi connectivity index (χ2n) is 8.08. The topological polar surface area (TPSA) is 46.7 Å². The standard InChI is InChI=1S/C28H17N3O2/c1-29-22-11-5-3-8-18(22)17-14-15-20-19-9-4-6-12-23(19)31(25(20)16-17)24-13-7-10-21-26(24)28(33)30(2)27(21)32/h3-16H,2H3. The Kier molecular flexibility index (Phi) is 3.98. The van der Waals surface area contributed by atoms with Gasteiger partial charge in [0.15, 0.2) is 5.69 Å². The first-order valence-corrected chi connectivity index (χ1v) is 10.6. The van der Waals surface area contributed by atoms with Crippen LogP contribution in [0.25, 0.3) is 43.5 Å². The first kappa shape index (κ1) is 19.0. The first-order valence-electron chi connectivity index (χ1n) is 10.6. The van der Waals surface area contributed by atoms with Crippen molar-refractivity contribution in [3.05, 3.63) is 107 Å². The predicted molar refractivity (Wildman–Crippen MR) is 129 cm³/mol. The van der Waals surface area contributed by atoms with Gasteiger partial charge in [0.1, 0.15) is 0 Å². The van der Waals surface area contributed by atoms with Gasteiger partial charge in [0, 0.05) is 17.8 Å². The molecule has 0 bridgehead atoms. The van der Waals surface area contributed by atoms with Gasteiger partial charge in [-0.05, 0) is 35.4 Å². The molecule has 0 saturated heterocycles. The maximum atomic E-state index is 13.0. The van der Waals surface area contributed by atoms with E-state index in [0.717, 1.165) is 32.9 Å². The molecule has 156 valence electrons. The number of rotatable bonds is 2. The summed E-state index contributed by atoms with van der Waals surface area (Å²) in [7, 11) is 1.51. The van der Waals surface area contributed by atoms with Crippen LogP contribution in [-0.2, 0) is 0 Å². The Morgan fingerprint density at radius 2 is 1.45 bits per heavy atom. The number of amides is 2. The molecule has 5 heteroatoms. The molecule has 0 atom stereocenters. The van der Waals surface area contributed by atoms with Crippen LogP contribution >= 0.6 is 0 Å². The van der Waals surface area contributed by atoms with Crippen LogP contribution in [0.5, 0.6) is 0 Å². The van der Waals surface area contributed by atoms with Gasteiger partial charge in [-0.2, -0.15) is 0 Å². The number of benzene rings is 4. The molecule has 0 unspecified atom stereocenters. The molecule has 33 heavy (non-hydrogen) atoms. The van der Waals surface area contributed by atoms with Crippen LogP contribution in [0.15, 0.2) is 84.9 Å². The van der Waals surface area contributed by atoms with E-state index in [1.54, 1.807) is 6.07 Å². The minimum absolute atomic E-state index is 0.288. The molecular weight excluding hydrogens is 410 g/mol. The van der Waals surface area contributed by atoms with Crippen LogP contribution in [0.3, 0.4) is 0 Å². The van der Waals surface area contributed by atoms with Crippen LogP contribution in [0.4, 0.5) is 5.69 Å². The van der Waals surface area contributed by atoms with E-state index in [1.165, 1.54) is 11.9 Å². The Balaban J connectivity index is 1.73. The Bertz CT molecular complexity index is 1690. The van der Waals surface area contributed by atoms with E-state index in [1.807, 2.05) is 60.7 Å². The highest BCUT2D eigenvalue weighted by atomic mass is 16.2. The number of carbonyl (C=O) groups excluding carboxylic acids is 2. The third-order valence-electron chi connectivity index (χ3n) is 6.35. The van der Waals surface area contributed by atoms with E-state index in [9.17, 15) is 9.59 Å². The SMILES string of the molecule is [C-]#[N+]c1ccccc1-c1ccc2c3ccccc3n(-c3cccc4c3C(=O)N(C)C4=O)c2c1. The van der Waals surface area contributed by atoms with Crippen molar-refractivity contribution in [2.75, 3.05) is 7.05 Å². The van der Waals surface area contributed by atoms with Gasteiger partial charge in [-0.25, -0.2) is 4.85 Å². The average Bonchev–Trinajstić information content (AvgIpc) is 3.31. The van der Waals surface area contributed by atoms with Gasteiger partial charge >= 0.3 is 0 Å². The number of aromatic nitrogens is 1. The van der Waals surface area contributed by atoms with E-state index < -0.39 is 0 Å². The molecule has 0 aliphatic carbocycles. The monoisotopic (exact) mass is 427 g/mol. The molecule has 4 aromatic carbocycles. The summed E-state index contributed by atoms with van der Waals surface area (Å²) in [6.45, 7) is 7.55. The molecule has 5 aromatic rings. The van der Waals surface area contributed by atoms with Crippen LogP contribution in [-0.4, -0.2) is 28.3 Å². The van der Waals surface area contributed by atoms with Crippen LogP contribution in [0, 0.1) is 6.57 Å². The van der Waals surface area contributed by atoms with Crippen LogP contribution in [0.2, 0.25) is 0 Å². The first-order chi connectivity index (χ1) is 16.1. The molecular formula is C28H17N3O2. The van der Waals surface area contributed by atoms with E-state index >= 15 is 0 Å². The summed E-state index contributed by atoms with van der Waals surface area (Å²) in [6, 6.07) is 27.1. The lowest BCUT2D eigenvalue weighted by Gasteiger charge is -2.12. The van der Waals surface area contributed by atoms with Gasteiger partial charge in [-0.15, -0.1) is 0 Å². The number of nitrogens with zero attached hydrogens (tertiary/aromatic N) is 3. The molecule has 0 N–H and O–H groups in total. The zero-order valence-corrected chi connectivity index (χ0v) is 17.7. The quantitative estimate of drug-likeness (QED) is 0.248. The van der Waals surface area contributed by atoms with Gasteiger partial charge in [-0.3, -0.25) is 14.5 Å². The molecule has 2 amide bonds. The van der Waals surface area contributed by atoms with Crippen LogP contribution in [0.1, 0.15) is 20.7 Å². The van der Waals surface area contributed by atoms with Crippen LogP contribution < -0.4 is 0 Å². The molecule has 6 rings (SSSR count). The Labute approximate surface area is 189 Å². The predicted octanol–water partition coefficient (Wildman–Crippen LogP) is 6.23. The van der Waals surface area contributed by atoms with Gasteiger partial charge < -0.3 is 4.57 Å².